The molecule has 1 N–H and O–H groups in total. The molecule has 1 aromatic heterocycles. The van der Waals surface area contributed by atoms with Crippen molar-refractivity contribution in [3.8, 4) is 0 Å². The van der Waals surface area contributed by atoms with Gasteiger partial charge < -0.3 is 5.32 Å². The molecule has 1 unspecified atom stereocenters. The maximum atomic E-state index is 12.2. The number of hydrogen-bond donors (Lipinski definition) is 1. The molecule has 2 aromatic rings. The second kappa shape index (κ2) is 5.17. The summed E-state index contributed by atoms with van der Waals surface area (Å²) >= 11 is 1.65. The molecule has 2 nitrogen and oxygen atoms in total. The molecule has 0 radical (unpaired) electrons. The smallest absolute Gasteiger partial charge is 0.265 e. The van der Waals surface area contributed by atoms with Crippen LogP contribution >= 0.6 is 11.3 Å². The van der Waals surface area contributed by atoms with E-state index in [-0.39, 0.29) is 5.91 Å². The van der Waals surface area contributed by atoms with Crippen molar-refractivity contribution >= 4 is 22.9 Å². The van der Waals surface area contributed by atoms with Crippen molar-refractivity contribution in [1.82, 2.24) is 0 Å². The van der Waals surface area contributed by atoms with E-state index in [0.717, 1.165) is 29.3 Å². The third kappa shape index (κ3) is 2.71. The van der Waals surface area contributed by atoms with E-state index in [0.29, 0.717) is 0 Å². The van der Waals surface area contributed by atoms with Crippen molar-refractivity contribution in [2.75, 3.05) is 5.32 Å². The number of amides is 1. The first-order valence-corrected chi connectivity index (χ1v) is 7.52. The van der Waals surface area contributed by atoms with Crippen molar-refractivity contribution in [1.29, 1.82) is 0 Å². The minimum Gasteiger partial charge on any atom is -0.321 e. The lowest BCUT2D eigenvalue weighted by atomic mass is 9.90. The predicted molar refractivity (Wildman–Crippen MR) is 79.9 cm³/mol. The molecule has 0 aliphatic heterocycles. The third-order valence-corrected chi connectivity index (χ3v) is 4.82. The lowest BCUT2D eigenvalue weighted by Gasteiger charge is -2.16. The Bertz CT molecular complexity index is 588. The first-order valence-electron chi connectivity index (χ1n) is 6.70. The van der Waals surface area contributed by atoms with Crippen LogP contribution in [0.3, 0.4) is 0 Å². The van der Waals surface area contributed by atoms with Gasteiger partial charge in [0.1, 0.15) is 0 Å². The molecule has 3 rings (SSSR count). The SMILES string of the molecule is CC1CCc2sc(C(=O)Nc3ccccc3)cc2C1. The van der Waals surface area contributed by atoms with Crippen LogP contribution in [0.15, 0.2) is 36.4 Å². The molecule has 1 aliphatic rings. The van der Waals surface area contributed by atoms with Crippen molar-refractivity contribution in [3.63, 3.8) is 0 Å². The van der Waals surface area contributed by atoms with E-state index in [1.807, 2.05) is 30.3 Å². The summed E-state index contributed by atoms with van der Waals surface area (Å²) in [7, 11) is 0. The van der Waals surface area contributed by atoms with Gasteiger partial charge in [-0.1, -0.05) is 25.1 Å². The molecule has 1 aliphatic carbocycles. The van der Waals surface area contributed by atoms with E-state index in [2.05, 4.69) is 18.3 Å². The van der Waals surface area contributed by atoms with Crippen LogP contribution < -0.4 is 5.32 Å². The number of carbonyl (C=O) groups excluding carboxylic acids is 1. The normalized spacial score (nSPS) is 17.8. The number of nitrogens with one attached hydrogen (secondary N) is 1. The monoisotopic (exact) mass is 271 g/mol. The second-order valence-corrected chi connectivity index (χ2v) is 6.36. The maximum absolute atomic E-state index is 12.2. The van der Waals surface area contributed by atoms with Crippen molar-refractivity contribution in [3.05, 3.63) is 51.7 Å². The number of fused-ring (bicyclic) bond motifs is 1. The molecule has 1 amide bonds. The van der Waals surface area contributed by atoms with Gasteiger partial charge in [0.25, 0.3) is 5.91 Å². The Morgan fingerprint density at radius 2 is 2.11 bits per heavy atom. The molecular formula is C16H17NOS. The van der Waals surface area contributed by atoms with E-state index in [1.165, 1.54) is 16.9 Å². The number of para-hydroxylation sites is 1. The highest BCUT2D eigenvalue weighted by atomic mass is 32.1. The maximum Gasteiger partial charge on any atom is 0.265 e. The van der Waals surface area contributed by atoms with Gasteiger partial charge in [-0.05, 0) is 48.9 Å². The Kier molecular flexibility index (Phi) is 3.38. The molecule has 0 saturated heterocycles. The highest BCUT2D eigenvalue weighted by Crippen LogP contribution is 2.32. The average molecular weight is 271 g/mol. The Morgan fingerprint density at radius 1 is 1.32 bits per heavy atom. The standard InChI is InChI=1S/C16H17NOS/c1-11-7-8-14-12(9-11)10-15(19-14)16(18)17-13-5-3-2-4-6-13/h2-6,10-11H,7-9H2,1H3,(H,17,18). The number of aryl methyl sites for hydroxylation is 1. The molecule has 19 heavy (non-hydrogen) atoms. The molecule has 0 saturated carbocycles. The van der Waals surface area contributed by atoms with Gasteiger partial charge in [0.05, 0.1) is 4.88 Å². The number of rotatable bonds is 2. The van der Waals surface area contributed by atoms with Gasteiger partial charge in [0.15, 0.2) is 0 Å². The fraction of sp³-hybridized carbons (Fsp3) is 0.312. The molecular weight excluding hydrogens is 254 g/mol. The molecule has 3 heteroatoms. The van der Waals surface area contributed by atoms with Crippen molar-refractivity contribution in [2.45, 2.75) is 26.2 Å². The fourth-order valence-electron chi connectivity index (χ4n) is 2.53. The molecule has 0 fully saturated rings. The van der Waals surface area contributed by atoms with Crippen LogP contribution in [0.4, 0.5) is 5.69 Å². The summed E-state index contributed by atoms with van der Waals surface area (Å²) in [5, 5.41) is 2.95. The molecule has 1 heterocycles. The van der Waals surface area contributed by atoms with Gasteiger partial charge in [-0.25, -0.2) is 0 Å². The number of hydrogen-bond acceptors (Lipinski definition) is 2. The summed E-state index contributed by atoms with van der Waals surface area (Å²) in [6, 6.07) is 11.7. The largest absolute Gasteiger partial charge is 0.321 e. The van der Waals surface area contributed by atoms with Crippen LogP contribution in [-0.2, 0) is 12.8 Å². The molecule has 0 bridgehead atoms. The Hall–Kier alpha value is -1.61. The summed E-state index contributed by atoms with van der Waals surface area (Å²) in [6.45, 7) is 2.28. The van der Waals surface area contributed by atoms with Gasteiger partial charge in [-0.15, -0.1) is 11.3 Å². The number of carbonyl (C=O) groups is 1. The van der Waals surface area contributed by atoms with Gasteiger partial charge in [-0.2, -0.15) is 0 Å². The Morgan fingerprint density at radius 3 is 2.89 bits per heavy atom. The quantitative estimate of drug-likeness (QED) is 0.874. The van der Waals surface area contributed by atoms with Gasteiger partial charge in [0.2, 0.25) is 0 Å². The van der Waals surface area contributed by atoms with Crippen LogP contribution in [0.25, 0.3) is 0 Å². The molecule has 0 spiro atoms. The summed E-state index contributed by atoms with van der Waals surface area (Å²) in [5.74, 6) is 0.755. The van der Waals surface area contributed by atoms with Gasteiger partial charge in [0, 0.05) is 10.6 Å². The topological polar surface area (TPSA) is 29.1 Å². The van der Waals surface area contributed by atoms with Crippen LogP contribution in [0.5, 0.6) is 0 Å². The number of anilines is 1. The van der Waals surface area contributed by atoms with Gasteiger partial charge >= 0.3 is 0 Å². The minimum atomic E-state index is 0.0123. The average Bonchev–Trinajstić information content (AvgIpc) is 2.83. The lowest BCUT2D eigenvalue weighted by Crippen LogP contribution is -2.10. The molecule has 1 atom stereocenters. The first kappa shape index (κ1) is 12.4. The molecule has 98 valence electrons. The van der Waals surface area contributed by atoms with Crippen molar-refractivity contribution < 1.29 is 4.79 Å². The van der Waals surface area contributed by atoms with E-state index < -0.39 is 0 Å². The zero-order valence-electron chi connectivity index (χ0n) is 11.0. The predicted octanol–water partition coefficient (Wildman–Crippen LogP) is 4.13. The van der Waals surface area contributed by atoms with Crippen LogP contribution in [0.1, 0.15) is 33.5 Å². The van der Waals surface area contributed by atoms with E-state index in [4.69, 9.17) is 0 Å². The summed E-state index contributed by atoms with van der Waals surface area (Å²) < 4.78 is 0. The lowest BCUT2D eigenvalue weighted by molar-refractivity contribution is 0.103. The van der Waals surface area contributed by atoms with Crippen LogP contribution in [0, 0.1) is 5.92 Å². The highest BCUT2D eigenvalue weighted by Gasteiger charge is 2.20. The Labute approximate surface area is 117 Å². The van der Waals surface area contributed by atoms with Crippen LogP contribution in [-0.4, -0.2) is 5.91 Å². The van der Waals surface area contributed by atoms with E-state index in [9.17, 15) is 4.79 Å². The summed E-state index contributed by atoms with van der Waals surface area (Å²) in [4.78, 5) is 14.4. The Balaban J connectivity index is 1.78. The zero-order chi connectivity index (χ0) is 13.2. The first-order chi connectivity index (χ1) is 9.22. The molecule has 1 aromatic carbocycles. The minimum absolute atomic E-state index is 0.0123. The van der Waals surface area contributed by atoms with Crippen molar-refractivity contribution in [2.24, 2.45) is 5.92 Å². The summed E-state index contributed by atoms with van der Waals surface area (Å²) in [6.07, 6.45) is 3.48. The second-order valence-electron chi connectivity index (χ2n) is 5.23. The number of thiophene rings is 1. The van der Waals surface area contributed by atoms with E-state index in [1.54, 1.807) is 11.3 Å². The summed E-state index contributed by atoms with van der Waals surface area (Å²) in [5.41, 5.74) is 2.23. The van der Waals surface area contributed by atoms with Gasteiger partial charge in [-0.3, -0.25) is 4.79 Å². The number of benzene rings is 1. The zero-order valence-corrected chi connectivity index (χ0v) is 11.8. The highest BCUT2D eigenvalue weighted by molar-refractivity contribution is 7.14. The van der Waals surface area contributed by atoms with Crippen LogP contribution in [0.2, 0.25) is 0 Å². The fourth-order valence-corrected chi connectivity index (χ4v) is 3.64. The van der Waals surface area contributed by atoms with E-state index >= 15 is 0 Å². The third-order valence-electron chi connectivity index (χ3n) is 3.58.